The van der Waals surface area contributed by atoms with Crippen molar-refractivity contribution in [1.82, 2.24) is 4.90 Å². The summed E-state index contributed by atoms with van der Waals surface area (Å²) in [7, 11) is 0. The maximum absolute atomic E-state index is 13.7. The number of allylic oxidation sites excluding steroid dienone is 2. The van der Waals surface area contributed by atoms with Crippen LogP contribution in [0.15, 0.2) is 59.1 Å². The second-order valence-corrected chi connectivity index (χ2v) is 10.8. The predicted molar refractivity (Wildman–Crippen MR) is 128 cm³/mol. The van der Waals surface area contributed by atoms with E-state index < -0.39 is 0 Å². The molecule has 4 aliphatic carbocycles. The summed E-state index contributed by atoms with van der Waals surface area (Å²) in [5.74, 6) is 0.451. The normalized spacial score (nSPS) is 30.9. The van der Waals surface area contributed by atoms with Crippen LogP contribution in [0, 0.1) is 49.4 Å². The molecule has 3 fully saturated rings. The Morgan fingerprint density at radius 1 is 0.970 bits per heavy atom. The van der Waals surface area contributed by atoms with Crippen LogP contribution in [-0.2, 0) is 9.59 Å². The molecule has 33 heavy (non-hydrogen) atoms. The lowest BCUT2D eigenvalue weighted by atomic mass is 9.63. The molecule has 2 aromatic carbocycles. The van der Waals surface area contributed by atoms with E-state index in [0.29, 0.717) is 23.1 Å². The number of nitrogens with zero attached hydrogens (tertiary/aromatic N) is 2. The third-order valence-corrected chi connectivity index (χ3v) is 8.52. The third kappa shape index (κ3) is 3.14. The Balaban J connectivity index is 1.36. The zero-order valence-electron chi connectivity index (χ0n) is 18.6. The fourth-order valence-corrected chi connectivity index (χ4v) is 6.80. The molecule has 168 valence electrons. The smallest absolute Gasteiger partial charge is 0.259 e. The number of rotatable bonds is 4. The molecule has 1 aliphatic heterocycles. The van der Waals surface area contributed by atoms with Crippen molar-refractivity contribution >= 4 is 39.3 Å². The van der Waals surface area contributed by atoms with E-state index in [-0.39, 0.29) is 48.1 Å². The van der Waals surface area contributed by atoms with Crippen molar-refractivity contribution in [3.05, 3.63) is 75.8 Å². The molecule has 2 saturated carbocycles. The first-order valence-corrected chi connectivity index (χ1v) is 12.3. The van der Waals surface area contributed by atoms with Crippen LogP contribution < -0.4 is 4.90 Å². The van der Waals surface area contributed by atoms with Crippen molar-refractivity contribution in [1.29, 1.82) is 0 Å². The van der Waals surface area contributed by atoms with Gasteiger partial charge in [0, 0.05) is 15.7 Å². The van der Waals surface area contributed by atoms with E-state index in [0.717, 1.165) is 22.0 Å². The minimum Gasteiger partial charge on any atom is -0.289 e. The Bertz CT molecular complexity index is 1180. The molecule has 5 nitrogen and oxygen atoms in total. The van der Waals surface area contributed by atoms with E-state index in [4.69, 9.17) is 0 Å². The van der Waals surface area contributed by atoms with Gasteiger partial charge in [0.05, 0.1) is 11.8 Å². The van der Waals surface area contributed by atoms with Gasteiger partial charge < -0.3 is 0 Å². The van der Waals surface area contributed by atoms with Gasteiger partial charge in [0.1, 0.15) is 6.67 Å². The number of imide groups is 1. The van der Waals surface area contributed by atoms with E-state index in [9.17, 15) is 14.4 Å². The van der Waals surface area contributed by atoms with Gasteiger partial charge in [-0.25, -0.2) is 0 Å². The Hall–Kier alpha value is -2.73. The Morgan fingerprint density at radius 3 is 2.15 bits per heavy atom. The van der Waals surface area contributed by atoms with E-state index in [1.54, 1.807) is 17.0 Å². The fraction of sp³-hybridized carbons (Fsp3) is 0.370. The highest BCUT2D eigenvalue weighted by molar-refractivity contribution is 9.10. The molecule has 2 bridgehead atoms. The summed E-state index contributed by atoms with van der Waals surface area (Å²) >= 11 is 3.48. The molecule has 0 N–H and O–H groups in total. The molecule has 0 spiro atoms. The summed E-state index contributed by atoms with van der Waals surface area (Å²) in [5, 5.41) is 0. The second-order valence-electron chi connectivity index (χ2n) is 9.93. The summed E-state index contributed by atoms with van der Waals surface area (Å²) in [5.41, 5.74) is 3.18. The lowest BCUT2D eigenvalue weighted by Crippen LogP contribution is -2.45. The zero-order chi connectivity index (χ0) is 23.0. The highest BCUT2D eigenvalue weighted by Crippen LogP contribution is 2.65. The van der Waals surface area contributed by atoms with Gasteiger partial charge in [0.25, 0.3) is 5.91 Å². The van der Waals surface area contributed by atoms with Crippen molar-refractivity contribution in [2.45, 2.75) is 20.3 Å². The summed E-state index contributed by atoms with van der Waals surface area (Å²) < 4.78 is 0.910. The highest BCUT2D eigenvalue weighted by Gasteiger charge is 2.67. The van der Waals surface area contributed by atoms with Gasteiger partial charge in [-0.2, -0.15) is 0 Å². The molecule has 2 aromatic rings. The average molecular weight is 505 g/mol. The SMILES string of the molecule is Cc1ccc(C(=O)N(CN2C(=O)C3C4C=CC(C5CC45)C3C2=O)c2ccc(Br)cc2C)cc1. The molecular formula is C27H25BrN2O3. The quantitative estimate of drug-likeness (QED) is 0.446. The Labute approximate surface area is 201 Å². The number of carbonyl (C=O) groups excluding carboxylic acids is 3. The molecule has 0 radical (unpaired) electrons. The number of halogens is 1. The highest BCUT2D eigenvalue weighted by atomic mass is 79.9. The van der Waals surface area contributed by atoms with Gasteiger partial charge in [-0.15, -0.1) is 0 Å². The van der Waals surface area contributed by atoms with Crippen molar-refractivity contribution in [3.63, 3.8) is 0 Å². The van der Waals surface area contributed by atoms with E-state index in [1.807, 2.05) is 44.2 Å². The molecule has 7 rings (SSSR count). The summed E-state index contributed by atoms with van der Waals surface area (Å²) in [4.78, 5) is 43.7. The number of likely N-dealkylation sites (tertiary alicyclic amines) is 1. The largest absolute Gasteiger partial charge is 0.289 e. The van der Waals surface area contributed by atoms with E-state index >= 15 is 0 Å². The molecule has 3 amide bonds. The molecule has 0 aromatic heterocycles. The van der Waals surface area contributed by atoms with E-state index in [1.165, 1.54) is 4.90 Å². The summed E-state index contributed by atoms with van der Waals surface area (Å²) in [6.45, 7) is 3.84. The molecule has 6 unspecified atom stereocenters. The van der Waals surface area contributed by atoms with Crippen LogP contribution in [0.3, 0.4) is 0 Å². The number of hydrogen-bond donors (Lipinski definition) is 0. The second kappa shape index (κ2) is 7.39. The van der Waals surface area contributed by atoms with Gasteiger partial charge in [0.2, 0.25) is 11.8 Å². The number of amides is 3. The monoisotopic (exact) mass is 504 g/mol. The van der Waals surface area contributed by atoms with Crippen molar-refractivity contribution in [2.75, 3.05) is 11.6 Å². The van der Waals surface area contributed by atoms with Crippen LogP contribution in [-0.4, -0.2) is 29.3 Å². The lowest BCUT2D eigenvalue weighted by Gasteiger charge is -2.37. The van der Waals surface area contributed by atoms with Gasteiger partial charge in [-0.1, -0.05) is 45.8 Å². The molecule has 6 heteroatoms. The maximum Gasteiger partial charge on any atom is 0.259 e. The van der Waals surface area contributed by atoms with Crippen LogP contribution in [0.5, 0.6) is 0 Å². The Morgan fingerprint density at radius 2 is 1.58 bits per heavy atom. The average Bonchev–Trinajstić information content (AvgIpc) is 3.58. The standard InChI is InChI=1S/C27H25BrN2O3/c1-14-3-5-16(6-4-14)25(31)29(22-10-7-17(28)11-15(22)2)13-30-26(32)23-18-8-9-19(21-12-20(18)21)24(23)27(30)33/h3-11,18-21,23-24H,12-13H2,1-2H3. The van der Waals surface area contributed by atoms with E-state index in [2.05, 4.69) is 28.1 Å². The van der Waals surface area contributed by atoms with Gasteiger partial charge in [-0.05, 0) is 79.8 Å². The number of aryl methyl sites for hydroxylation is 2. The Kier molecular flexibility index (Phi) is 4.67. The summed E-state index contributed by atoms with van der Waals surface area (Å²) in [6, 6.07) is 13.1. The molecule has 5 aliphatic rings. The molecule has 6 atom stereocenters. The fourth-order valence-electron chi connectivity index (χ4n) is 6.32. The van der Waals surface area contributed by atoms with Crippen LogP contribution >= 0.6 is 15.9 Å². The molecule has 1 heterocycles. The van der Waals surface area contributed by atoms with Gasteiger partial charge in [-0.3, -0.25) is 24.2 Å². The summed E-state index contributed by atoms with van der Waals surface area (Å²) in [6.07, 6.45) is 5.47. The topological polar surface area (TPSA) is 57.7 Å². The minimum absolute atomic E-state index is 0.0609. The van der Waals surface area contributed by atoms with Crippen molar-refractivity contribution in [3.8, 4) is 0 Å². The first kappa shape index (κ1) is 20.8. The minimum atomic E-state index is -0.265. The number of benzene rings is 2. The first-order chi connectivity index (χ1) is 15.8. The van der Waals surface area contributed by atoms with Crippen LogP contribution in [0.4, 0.5) is 5.69 Å². The van der Waals surface area contributed by atoms with Crippen molar-refractivity contribution in [2.24, 2.45) is 35.5 Å². The molecular weight excluding hydrogens is 480 g/mol. The number of anilines is 1. The first-order valence-electron chi connectivity index (χ1n) is 11.5. The van der Waals surface area contributed by atoms with Crippen LogP contribution in [0.1, 0.15) is 27.9 Å². The van der Waals surface area contributed by atoms with Crippen LogP contribution in [0.2, 0.25) is 0 Å². The number of hydrogen-bond acceptors (Lipinski definition) is 3. The van der Waals surface area contributed by atoms with Gasteiger partial charge in [0.15, 0.2) is 0 Å². The zero-order valence-corrected chi connectivity index (χ0v) is 20.2. The predicted octanol–water partition coefficient (Wildman–Crippen LogP) is 4.72. The maximum atomic E-state index is 13.7. The lowest BCUT2D eigenvalue weighted by molar-refractivity contribution is -0.140. The third-order valence-electron chi connectivity index (χ3n) is 8.03. The number of carbonyl (C=O) groups is 3. The molecule has 1 saturated heterocycles. The van der Waals surface area contributed by atoms with Crippen LogP contribution in [0.25, 0.3) is 0 Å². The van der Waals surface area contributed by atoms with Gasteiger partial charge >= 0.3 is 0 Å². The van der Waals surface area contributed by atoms with Crippen molar-refractivity contribution < 1.29 is 14.4 Å².